The monoisotopic (exact) mass is 361 g/mol. The average Bonchev–Trinajstić information content (AvgIpc) is 3.07. The van der Waals surface area contributed by atoms with Gasteiger partial charge in [-0.2, -0.15) is 0 Å². The average molecular weight is 362 g/mol. The Kier molecular flexibility index (Phi) is 4.23. The van der Waals surface area contributed by atoms with Crippen LogP contribution in [0.2, 0.25) is 5.02 Å². The van der Waals surface area contributed by atoms with Crippen molar-refractivity contribution in [1.29, 1.82) is 0 Å². The largest absolute Gasteiger partial charge is 0.497 e. The molecule has 4 rings (SSSR count). The summed E-state index contributed by atoms with van der Waals surface area (Å²) in [4.78, 5) is 13.1. The zero-order valence-corrected chi connectivity index (χ0v) is 14.9. The van der Waals surface area contributed by atoms with Crippen molar-refractivity contribution in [1.82, 2.24) is 4.57 Å². The van der Waals surface area contributed by atoms with Crippen molar-refractivity contribution in [3.05, 3.63) is 89.6 Å². The molecule has 3 nitrogen and oxygen atoms in total. The number of hydrogen-bond acceptors (Lipinski definition) is 2. The van der Waals surface area contributed by atoms with Gasteiger partial charge in [0.1, 0.15) is 5.75 Å². The van der Waals surface area contributed by atoms with E-state index in [9.17, 15) is 4.79 Å². The molecule has 0 spiro atoms. The van der Waals surface area contributed by atoms with Crippen LogP contribution in [0.3, 0.4) is 0 Å². The molecule has 0 amide bonds. The fourth-order valence-electron chi connectivity index (χ4n) is 3.08. The van der Waals surface area contributed by atoms with Crippen LogP contribution in [0.15, 0.2) is 79.0 Å². The summed E-state index contributed by atoms with van der Waals surface area (Å²) in [5.74, 6) is 0.658. The lowest BCUT2D eigenvalue weighted by atomic mass is 10.0. The van der Waals surface area contributed by atoms with Crippen molar-refractivity contribution in [2.45, 2.75) is 0 Å². The third-order valence-electron chi connectivity index (χ3n) is 4.41. The summed E-state index contributed by atoms with van der Waals surface area (Å²) >= 11 is 5.94. The SMILES string of the molecule is COc1ccc2c(c1)c(-c1ccccc1)cn2C(=O)c1ccc(Cl)cc1. The van der Waals surface area contributed by atoms with Gasteiger partial charge in [-0.1, -0.05) is 41.9 Å². The molecule has 26 heavy (non-hydrogen) atoms. The van der Waals surface area contributed by atoms with E-state index in [0.717, 1.165) is 27.8 Å². The molecule has 0 fully saturated rings. The van der Waals surface area contributed by atoms with Crippen LogP contribution < -0.4 is 4.74 Å². The Morgan fingerprint density at radius 1 is 0.962 bits per heavy atom. The van der Waals surface area contributed by atoms with Gasteiger partial charge in [0.25, 0.3) is 5.91 Å². The van der Waals surface area contributed by atoms with Gasteiger partial charge in [0, 0.05) is 27.7 Å². The number of carbonyl (C=O) groups excluding carboxylic acids is 1. The Labute approximate surface area is 156 Å². The number of hydrogen-bond donors (Lipinski definition) is 0. The summed E-state index contributed by atoms with van der Waals surface area (Å²) in [5, 5.41) is 1.58. The highest BCUT2D eigenvalue weighted by Gasteiger charge is 2.17. The fourth-order valence-corrected chi connectivity index (χ4v) is 3.21. The van der Waals surface area contributed by atoms with E-state index in [1.165, 1.54) is 0 Å². The van der Waals surface area contributed by atoms with Crippen molar-refractivity contribution >= 4 is 28.4 Å². The van der Waals surface area contributed by atoms with Gasteiger partial charge in [0.2, 0.25) is 0 Å². The van der Waals surface area contributed by atoms with E-state index in [1.54, 1.807) is 35.9 Å². The van der Waals surface area contributed by atoms with Gasteiger partial charge in [-0.05, 0) is 48.0 Å². The molecular weight excluding hydrogens is 346 g/mol. The van der Waals surface area contributed by atoms with Gasteiger partial charge in [0.15, 0.2) is 0 Å². The van der Waals surface area contributed by atoms with Crippen LogP contribution in [-0.2, 0) is 0 Å². The second-order valence-corrected chi connectivity index (χ2v) is 6.41. The lowest BCUT2D eigenvalue weighted by Gasteiger charge is -2.05. The molecule has 0 aliphatic carbocycles. The highest BCUT2D eigenvalue weighted by molar-refractivity contribution is 6.30. The second-order valence-electron chi connectivity index (χ2n) is 5.97. The quantitative estimate of drug-likeness (QED) is 0.471. The number of halogens is 1. The van der Waals surface area contributed by atoms with Crippen molar-refractivity contribution in [2.24, 2.45) is 0 Å². The van der Waals surface area contributed by atoms with Crippen molar-refractivity contribution < 1.29 is 9.53 Å². The predicted molar refractivity (Wildman–Crippen MR) is 105 cm³/mol. The molecule has 0 radical (unpaired) electrons. The molecule has 0 N–H and O–H groups in total. The van der Waals surface area contributed by atoms with E-state index < -0.39 is 0 Å². The maximum Gasteiger partial charge on any atom is 0.262 e. The molecule has 3 aromatic carbocycles. The number of rotatable bonds is 3. The normalized spacial score (nSPS) is 10.8. The summed E-state index contributed by atoms with van der Waals surface area (Å²) in [7, 11) is 1.64. The van der Waals surface area contributed by atoms with Crippen molar-refractivity contribution in [2.75, 3.05) is 7.11 Å². The second kappa shape index (κ2) is 6.70. The molecule has 4 heteroatoms. The number of carbonyl (C=O) groups is 1. The van der Waals surface area contributed by atoms with Crippen LogP contribution in [0.25, 0.3) is 22.0 Å². The van der Waals surface area contributed by atoms with Crippen molar-refractivity contribution in [3.8, 4) is 16.9 Å². The number of nitrogens with zero attached hydrogens (tertiary/aromatic N) is 1. The van der Waals surface area contributed by atoms with E-state index in [1.807, 2.05) is 54.7 Å². The highest BCUT2D eigenvalue weighted by Crippen LogP contribution is 2.33. The number of ether oxygens (including phenoxy) is 1. The molecule has 0 saturated heterocycles. The Hall–Kier alpha value is -3.04. The topological polar surface area (TPSA) is 31.2 Å². The van der Waals surface area contributed by atoms with Gasteiger partial charge in [-0.25, -0.2) is 0 Å². The number of fused-ring (bicyclic) bond motifs is 1. The molecule has 1 heterocycles. The zero-order chi connectivity index (χ0) is 18.1. The summed E-state index contributed by atoms with van der Waals surface area (Å²) in [5.41, 5.74) is 3.46. The van der Waals surface area contributed by atoms with Crippen LogP contribution in [-0.4, -0.2) is 17.6 Å². The van der Waals surface area contributed by atoms with Crippen LogP contribution >= 0.6 is 11.6 Å². The van der Waals surface area contributed by atoms with Gasteiger partial charge >= 0.3 is 0 Å². The van der Waals surface area contributed by atoms with Gasteiger partial charge < -0.3 is 4.74 Å². The van der Waals surface area contributed by atoms with E-state index >= 15 is 0 Å². The summed E-state index contributed by atoms with van der Waals surface area (Å²) in [6.07, 6.45) is 1.89. The minimum atomic E-state index is -0.0981. The van der Waals surface area contributed by atoms with Gasteiger partial charge in [-0.15, -0.1) is 0 Å². The minimum Gasteiger partial charge on any atom is -0.497 e. The first kappa shape index (κ1) is 16.4. The summed E-state index contributed by atoms with van der Waals surface area (Å²) in [6, 6.07) is 22.7. The molecular formula is C22H16ClNO2. The molecule has 0 unspecified atom stereocenters. The third kappa shape index (κ3) is 2.87. The lowest BCUT2D eigenvalue weighted by Crippen LogP contribution is -2.10. The number of aromatic nitrogens is 1. The predicted octanol–water partition coefficient (Wildman–Crippen LogP) is 5.66. The number of methoxy groups -OCH3 is 1. The Balaban J connectivity index is 1.93. The molecule has 4 aromatic rings. The third-order valence-corrected chi connectivity index (χ3v) is 4.66. The summed E-state index contributed by atoms with van der Waals surface area (Å²) in [6.45, 7) is 0. The molecule has 0 bridgehead atoms. The van der Waals surface area contributed by atoms with Crippen molar-refractivity contribution in [3.63, 3.8) is 0 Å². The molecule has 128 valence electrons. The van der Waals surface area contributed by atoms with E-state index in [0.29, 0.717) is 10.6 Å². The molecule has 0 aliphatic heterocycles. The molecule has 0 atom stereocenters. The summed E-state index contributed by atoms with van der Waals surface area (Å²) < 4.78 is 7.05. The molecule has 0 saturated carbocycles. The van der Waals surface area contributed by atoms with E-state index in [-0.39, 0.29) is 5.91 Å². The zero-order valence-electron chi connectivity index (χ0n) is 14.1. The highest BCUT2D eigenvalue weighted by atomic mass is 35.5. The first-order valence-corrected chi connectivity index (χ1v) is 8.60. The van der Waals surface area contributed by atoms with Gasteiger partial charge in [0.05, 0.1) is 12.6 Å². The smallest absolute Gasteiger partial charge is 0.262 e. The standard InChI is InChI=1S/C22H16ClNO2/c1-26-18-11-12-21-19(13-18)20(15-5-3-2-4-6-15)14-24(21)22(25)16-7-9-17(23)10-8-16/h2-14H,1H3. The van der Waals surface area contributed by atoms with Gasteiger partial charge in [-0.3, -0.25) is 9.36 Å². The van der Waals surface area contributed by atoms with E-state index in [2.05, 4.69) is 0 Å². The van der Waals surface area contributed by atoms with Crippen LogP contribution in [0.5, 0.6) is 5.75 Å². The first-order chi connectivity index (χ1) is 12.7. The fraction of sp³-hybridized carbons (Fsp3) is 0.0455. The maximum atomic E-state index is 13.1. The van der Waals surface area contributed by atoms with Crippen LogP contribution in [0.4, 0.5) is 0 Å². The van der Waals surface area contributed by atoms with Crippen LogP contribution in [0.1, 0.15) is 10.4 Å². The molecule has 1 aromatic heterocycles. The van der Waals surface area contributed by atoms with Crippen LogP contribution in [0, 0.1) is 0 Å². The lowest BCUT2D eigenvalue weighted by molar-refractivity contribution is 0.0965. The minimum absolute atomic E-state index is 0.0981. The Morgan fingerprint density at radius 2 is 1.69 bits per heavy atom. The Bertz CT molecular complexity index is 1080. The maximum absolute atomic E-state index is 13.1. The first-order valence-electron chi connectivity index (χ1n) is 8.22. The molecule has 0 aliphatic rings. The number of benzene rings is 3. The Morgan fingerprint density at radius 3 is 2.38 bits per heavy atom. The van der Waals surface area contributed by atoms with E-state index in [4.69, 9.17) is 16.3 Å².